The van der Waals surface area contributed by atoms with Gasteiger partial charge in [-0.3, -0.25) is 15.4 Å². The normalized spacial score (nSPS) is 19.5. The molecule has 0 bridgehead atoms. The van der Waals surface area contributed by atoms with Gasteiger partial charge in [0.05, 0.1) is 30.2 Å². The Morgan fingerprint density at radius 3 is 2.71 bits per heavy atom. The Kier molecular flexibility index (Phi) is 3.79. The number of benzene rings is 1. The van der Waals surface area contributed by atoms with E-state index in [1.165, 1.54) is 19.2 Å². The summed E-state index contributed by atoms with van der Waals surface area (Å²) in [6, 6.07) is 8.52. The first-order valence-corrected chi connectivity index (χ1v) is 7.04. The van der Waals surface area contributed by atoms with E-state index < -0.39 is 10.8 Å². The molecule has 0 radical (unpaired) electrons. The summed E-state index contributed by atoms with van der Waals surface area (Å²) >= 11 is 0. The van der Waals surface area contributed by atoms with Gasteiger partial charge in [-0.2, -0.15) is 5.26 Å². The summed E-state index contributed by atoms with van der Waals surface area (Å²) < 4.78 is 5.08. The van der Waals surface area contributed by atoms with Gasteiger partial charge in [0, 0.05) is 23.6 Å². The molecule has 122 valence electrons. The predicted octanol–water partition coefficient (Wildman–Crippen LogP) is 0.793. The minimum Gasteiger partial charge on any atom is -0.468 e. The molecule has 0 aliphatic carbocycles. The maximum absolute atomic E-state index is 10.8. The first-order valence-electron chi connectivity index (χ1n) is 7.04. The number of non-ortho nitro benzene ring substituents is 1. The van der Waals surface area contributed by atoms with E-state index in [1.807, 2.05) is 0 Å². The van der Waals surface area contributed by atoms with Crippen LogP contribution in [0.15, 0.2) is 52.0 Å². The topological polar surface area (TPSA) is 139 Å². The number of methoxy groups -OCH3 is 1. The molecule has 0 aromatic heterocycles. The molecule has 24 heavy (non-hydrogen) atoms. The fourth-order valence-electron chi connectivity index (χ4n) is 2.74. The molecule has 1 atom stereocenters. The number of amidine groups is 1. The minimum atomic E-state index is -0.469. The molecule has 2 heterocycles. The smallest absolute Gasteiger partial charge is 0.290 e. The quantitative estimate of drug-likeness (QED) is 0.539. The molecule has 9 heteroatoms. The van der Waals surface area contributed by atoms with Gasteiger partial charge >= 0.3 is 0 Å². The number of nitriles is 1. The number of dihydropyridines is 1. The van der Waals surface area contributed by atoms with Gasteiger partial charge in [0.25, 0.3) is 11.7 Å². The lowest BCUT2D eigenvalue weighted by molar-refractivity contribution is -0.384. The van der Waals surface area contributed by atoms with Crippen LogP contribution in [0, 0.1) is 21.4 Å². The lowest BCUT2D eigenvalue weighted by atomic mass is 9.82. The fraction of sp³-hybridized carbons (Fsp3) is 0.200. The number of ether oxygens (including phenoxy) is 1. The molecule has 1 aromatic rings. The first-order chi connectivity index (χ1) is 11.5. The van der Waals surface area contributed by atoms with E-state index in [-0.39, 0.29) is 11.5 Å². The third kappa shape index (κ3) is 2.50. The number of aliphatic imine (C=N–C) groups is 1. The molecule has 0 amide bonds. The molecule has 9 nitrogen and oxygen atoms in total. The summed E-state index contributed by atoms with van der Waals surface area (Å²) in [6.45, 7) is 0.318. The molecule has 0 fully saturated rings. The van der Waals surface area contributed by atoms with Gasteiger partial charge in [0.1, 0.15) is 11.6 Å². The van der Waals surface area contributed by atoms with Crippen LogP contribution in [-0.4, -0.2) is 24.6 Å². The van der Waals surface area contributed by atoms with Crippen LogP contribution in [0.1, 0.15) is 11.5 Å². The zero-order valence-corrected chi connectivity index (χ0v) is 12.7. The summed E-state index contributed by atoms with van der Waals surface area (Å²) in [5.41, 5.74) is 7.85. The molecule has 1 unspecified atom stereocenters. The molecule has 2 aliphatic heterocycles. The Bertz CT molecular complexity index is 832. The van der Waals surface area contributed by atoms with E-state index in [9.17, 15) is 15.4 Å². The largest absolute Gasteiger partial charge is 0.468 e. The SMILES string of the molecule is COC1=NCC2=C(N1)NC(N)=C(C#N)C2c1ccc([N+](=O)[O-])cc1. The monoisotopic (exact) mass is 326 g/mol. The summed E-state index contributed by atoms with van der Waals surface area (Å²) in [7, 11) is 1.49. The highest BCUT2D eigenvalue weighted by atomic mass is 16.6. The molecule has 4 N–H and O–H groups in total. The third-order valence-corrected chi connectivity index (χ3v) is 3.88. The van der Waals surface area contributed by atoms with Gasteiger partial charge in [-0.1, -0.05) is 12.1 Å². The van der Waals surface area contributed by atoms with Crippen LogP contribution in [0.4, 0.5) is 5.69 Å². The van der Waals surface area contributed by atoms with Crippen molar-refractivity contribution in [3.63, 3.8) is 0 Å². The fourth-order valence-corrected chi connectivity index (χ4v) is 2.74. The zero-order valence-electron chi connectivity index (χ0n) is 12.7. The van der Waals surface area contributed by atoms with E-state index in [1.54, 1.807) is 12.1 Å². The van der Waals surface area contributed by atoms with Crippen molar-refractivity contribution in [1.82, 2.24) is 10.6 Å². The summed E-state index contributed by atoms with van der Waals surface area (Å²) in [6.07, 6.45) is 0. The van der Waals surface area contributed by atoms with Crippen molar-refractivity contribution in [2.24, 2.45) is 10.7 Å². The van der Waals surface area contributed by atoms with Crippen LogP contribution in [0.25, 0.3) is 0 Å². The predicted molar refractivity (Wildman–Crippen MR) is 85.3 cm³/mol. The number of nitro benzene ring substituents is 1. The second kappa shape index (κ2) is 5.92. The molecular formula is C15H14N6O3. The van der Waals surface area contributed by atoms with Crippen LogP contribution in [0.3, 0.4) is 0 Å². The maximum atomic E-state index is 10.8. The average molecular weight is 326 g/mol. The molecule has 3 rings (SSSR count). The lowest BCUT2D eigenvalue weighted by Gasteiger charge is -2.32. The zero-order chi connectivity index (χ0) is 17.3. The van der Waals surface area contributed by atoms with Gasteiger partial charge in [-0.25, -0.2) is 4.99 Å². The van der Waals surface area contributed by atoms with Crippen LogP contribution in [-0.2, 0) is 4.74 Å². The van der Waals surface area contributed by atoms with Crippen molar-refractivity contribution < 1.29 is 9.66 Å². The van der Waals surface area contributed by atoms with Gasteiger partial charge in [0.2, 0.25) is 0 Å². The molecular weight excluding hydrogens is 312 g/mol. The van der Waals surface area contributed by atoms with Gasteiger partial charge in [-0.05, 0) is 5.56 Å². The maximum Gasteiger partial charge on any atom is 0.290 e. The number of nitro groups is 1. The molecule has 0 saturated carbocycles. The minimum absolute atomic E-state index is 0.0150. The Balaban J connectivity index is 2.04. The number of hydrogen-bond acceptors (Lipinski definition) is 8. The van der Waals surface area contributed by atoms with Crippen molar-refractivity contribution in [2.45, 2.75) is 5.92 Å². The van der Waals surface area contributed by atoms with Crippen molar-refractivity contribution >= 4 is 11.7 Å². The third-order valence-electron chi connectivity index (χ3n) is 3.88. The van der Waals surface area contributed by atoms with E-state index in [0.717, 1.165) is 11.1 Å². The van der Waals surface area contributed by atoms with Gasteiger partial charge < -0.3 is 15.8 Å². The average Bonchev–Trinajstić information content (AvgIpc) is 2.60. The highest BCUT2D eigenvalue weighted by molar-refractivity contribution is 5.77. The Labute approximate surface area is 137 Å². The number of nitrogens with zero attached hydrogens (tertiary/aromatic N) is 3. The number of hydrogen-bond donors (Lipinski definition) is 3. The second-order valence-electron chi connectivity index (χ2n) is 5.20. The number of rotatable bonds is 2. The highest BCUT2D eigenvalue weighted by Crippen LogP contribution is 2.37. The van der Waals surface area contributed by atoms with Crippen LogP contribution < -0.4 is 16.4 Å². The van der Waals surface area contributed by atoms with E-state index in [0.29, 0.717) is 24.0 Å². The number of nitrogens with two attached hydrogens (primary N) is 1. The van der Waals surface area contributed by atoms with Crippen LogP contribution in [0.2, 0.25) is 0 Å². The van der Waals surface area contributed by atoms with Crippen LogP contribution >= 0.6 is 0 Å². The Morgan fingerprint density at radius 2 is 2.12 bits per heavy atom. The molecule has 0 saturated heterocycles. The summed E-state index contributed by atoms with van der Waals surface area (Å²) in [4.78, 5) is 14.6. The van der Waals surface area contributed by atoms with Crippen LogP contribution in [0.5, 0.6) is 0 Å². The van der Waals surface area contributed by atoms with E-state index in [2.05, 4.69) is 21.7 Å². The van der Waals surface area contributed by atoms with Gasteiger partial charge in [0.15, 0.2) is 0 Å². The van der Waals surface area contributed by atoms with E-state index >= 15 is 0 Å². The van der Waals surface area contributed by atoms with Crippen molar-refractivity contribution in [1.29, 1.82) is 5.26 Å². The highest BCUT2D eigenvalue weighted by Gasteiger charge is 2.33. The molecule has 2 aliphatic rings. The number of allylic oxidation sites excluding steroid dienone is 1. The second-order valence-corrected chi connectivity index (χ2v) is 5.20. The van der Waals surface area contributed by atoms with Crippen molar-refractivity contribution in [3.05, 3.63) is 62.7 Å². The Morgan fingerprint density at radius 1 is 1.42 bits per heavy atom. The summed E-state index contributed by atoms with van der Waals surface area (Å²) in [5.74, 6) is 0.410. The first kappa shape index (κ1) is 15.4. The molecule has 0 spiro atoms. The van der Waals surface area contributed by atoms with Gasteiger partial charge in [-0.15, -0.1) is 0 Å². The van der Waals surface area contributed by atoms with Crippen molar-refractivity contribution in [3.8, 4) is 6.07 Å². The van der Waals surface area contributed by atoms with E-state index in [4.69, 9.17) is 10.5 Å². The molecule has 1 aromatic carbocycles. The van der Waals surface area contributed by atoms with Crippen molar-refractivity contribution in [2.75, 3.05) is 13.7 Å². The number of nitrogens with one attached hydrogen (secondary N) is 2. The standard InChI is InChI=1S/C15H14N6O3/c1-24-15-18-7-11-12(8-2-4-9(5-3-8)21(22)23)10(6-16)13(17)19-14(11)20-15/h2-5,12,19H,7,17H2,1H3,(H,18,20). The summed E-state index contributed by atoms with van der Waals surface area (Å²) in [5, 5.41) is 26.2. The Hall–Kier alpha value is -3.54. The lowest BCUT2D eigenvalue weighted by Crippen LogP contribution is -2.43.